The fraction of sp³-hybridized carbons (Fsp3) is 0.850. The molecule has 2 rings (SSSR count). The van der Waals surface area contributed by atoms with Gasteiger partial charge in [0.25, 0.3) is 0 Å². The molecule has 4 atom stereocenters. The lowest BCUT2D eigenvalue weighted by Crippen LogP contribution is -2.52. The standard InChI is InChI=1S/C20H34O2/c1-14(10-11-21)6-8-17-15(2)7-9-18-19(3,4)12-16(22)13-20(17,18)5/h14,17-18,21H,2,6-13H2,1,3-5H3/t14-,17+,18+,20-/m1/s1. The minimum atomic E-state index is 0.0904. The van der Waals surface area contributed by atoms with Crippen LogP contribution in [0.15, 0.2) is 12.2 Å². The van der Waals surface area contributed by atoms with Crippen molar-refractivity contribution in [1.82, 2.24) is 0 Å². The number of aliphatic hydroxyl groups is 1. The largest absolute Gasteiger partial charge is 0.396 e. The molecule has 0 radical (unpaired) electrons. The normalized spacial score (nSPS) is 36.0. The lowest BCUT2D eigenvalue weighted by atomic mass is 9.47. The first kappa shape index (κ1) is 17.7. The van der Waals surface area contributed by atoms with Crippen molar-refractivity contribution in [1.29, 1.82) is 0 Å². The molecule has 2 saturated carbocycles. The summed E-state index contributed by atoms with van der Waals surface area (Å²) in [4.78, 5) is 12.4. The van der Waals surface area contributed by atoms with Crippen LogP contribution in [0.4, 0.5) is 0 Å². The summed E-state index contributed by atoms with van der Waals surface area (Å²) in [6.07, 6.45) is 6.92. The van der Waals surface area contributed by atoms with Crippen LogP contribution in [-0.2, 0) is 4.79 Å². The molecule has 0 unspecified atom stereocenters. The van der Waals surface area contributed by atoms with Crippen LogP contribution in [-0.4, -0.2) is 17.5 Å². The zero-order valence-corrected chi connectivity index (χ0v) is 15.0. The van der Waals surface area contributed by atoms with Crippen LogP contribution >= 0.6 is 0 Å². The second kappa shape index (κ2) is 6.47. The Kier molecular flexibility index (Phi) is 5.21. The van der Waals surface area contributed by atoms with Gasteiger partial charge in [0.1, 0.15) is 5.78 Å². The summed E-state index contributed by atoms with van der Waals surface area (Å²) in [5.41, 5.74) is 1.58. The van der Waals surface area contributed by atoms with Crippen LogP contribution in [0.2, 0.25) is 0 Å². The summed E-state index contributed by atoms with van der Waals surface area (Å²) < 4.78 is 0. The number of hydrogen-bond acceptors (Lipinski definition) is 2. The summed E-state index contributed by atoms with van der Waals surface area (Å²) in [5.74, 6) is 2.08. The quantitative estimate of drug-likeness (QED) is 0.743. The summed E-state index contributed by atoms with van der Waals surface area (Å²) >= 11 is 0. The van der Waals surface area contributed by atoms with Crippen molar-refractivity contribution in [2.24, 2.45) is 28.6 Å². The average molecular weight is 306 g/mol. The molecule has 0 spiro atoms. The van der Waals surface area contributed by atoms with E-state index in [1.807, 2.05) is 0 Å². The molecule has 0 heterocycles. The average Bonchev–Trinajstić information content (AvgIpc) is 2.35. The maximum absolute atomic E-state index is 12.4. The van der Waals surface area contributed by atoms with Gasteiger partial charge in [-0.05, 0) is 54.3 Å². The first-order valence-corrected chi connectivity index (χ1v) is 9.01. The third kappa shape index (κ3) is 3.32. The zero-order chi connectivity index (χ0) is 16.5. The molecular formula is C20H34O2. The van der Waals surface area contributed by atoms with E-state index in [1.165, 1.54) is 12.0 Å². The lowest BCUT2D eigenvalue weighted by molar-refractivity contribution is -0.138. The summed E-state index contributed by atoms with van der Waals surface area (Å²) in [5, 5.41) is 9.10. The number of carbonyl (C=O) groups excluding carboxylic acids is 1. The van der Waals surface area contributed by atoms with Crippen molar-refractivity contribution in [3.8, 4) is 0 Å². The van der Waals surface area contributed by atoms with Crippen molar-refractivity contribution in [3.05, 3.63) is 12.2 Å². The molecule has 0 saturated heterocycles. The van der Waals surface area contributed by atoms with E-state index < -0.39 is 0 Å². The van der Waals surface area contributed by atoms with E-state index >= 15 is 0 Å². The molecule has 126 valence electrons. The second-order valence-corrected chi connectivity index (χ2v) is 8.88. The van der Waals surface area contributed by atoms with Crippen LogP contribution in [0.3, 0.4) is 0 Å². The fourth-order valence-corrected chi connectivity index (χ4v) is 5.54. The Bertz CT molecular complexity index is 437. The zero-order valence-electron chi connectivity index (χ0n) is 15.0. The van der Waals surface area contributed by atoms with E-state index in [4.69, 9.17) is 5.11 Å². The van der Waals surface area contributed by atoms with Gasteiger partial charge in [0.2, 0.25) is 0 Å². The predicted octanol–water partition coefficient (Wildman–Crippen LogP) is 4.76. The molecule has 22 heavy (non-hydrogen) atoms. The highest BCUT2D eigenvalue weighted by molar-refractivity contribution is 5.81. The monoisotopic (exact) mass is 306 g/mol. The van der Waals surface area contributed by atoms with Gasteiger partial charge < -0.3 is 5.11 Å². The number of allylic oxidation sites excluding steroid dienone is 1. The maximum atomic E-state index is 12.4. The van der Waals surface area contributed by atoms with Crippen molar-refractivity contribution in [3.63, 3.8) is 0 Å². The Labute approximate surface area is 136 Å². The van der Waals surface area contributed by atoms with Crippen molar-refractivity contribution >= 4 is 5.78 Å². The highest BCUT2D eigenvalue weighted by Crippen LogP contribution is 2.61. The fourth-order valence-electron chi connectivity index (χ4n) is 5.54. The molecule has 1 N–H and O–H groups in total. The number of ketones is 1. The Balaban J connectivity index is 2.19. The molecule has 0 aliphatic heterocycles. The maximum Gasteiger partial charge on any atom is 0.134 e. The van der Waals surface area contributed by atoms with E-state index in [2.05, 4.69) is 34.3 Å². The highest BCUT2D eigenvalue weighted by atomic mass is 16.3. The van der Waals surface area contributed by atoms with Gasteiger partial charge in [-0.25, -0.2) is 0 Å². The summed E-state index contributed by atoms with van der Waals surface area (Å²) in [7, 11) is 0. The van der Waals surface area contributed by atoms with Gasteiger partial charge in [-0.2, -0.15) is 0 Å². The highest BCUT2D eigenvalue weighted by Gasteiger charge is 2.54. The molecule has 2 aliphatic carbocycles. The minimum absolute atomic E-state index is 0.0904. The smallest absolute Gasteiger partial charge is 0.134 e. The number of carbonyl (C=O) groups is 1. The van der Waals surface area contributed by atoms with E-state index in [9.17, 15) is 4.79 Å². The van der Waals surface area contributed by atoms with E-state index in [1.54, 1.807) is 0 Å². The number of Topliss-reactive ketones (excluding diaryl/α,β-unsaturated/α-hetero) is 1. The number of aliphatic hydroxyl groups excluding tert-OH is 1. The van der Waals surface area contributed by atoms with Gasteiger partial charge in [-0.1, -0.05) is 46.3 Å². The van der Waals surface area contributed by atoms with Gasteiger partial charge in [0.05, 0.1) is 0 Å². The number of rotatable bonds is 5. The van der Waals surface area contributed by atoms with Gasteiger partial charge >= 0.3 is 0 Å². The molecular weight excluding hydrogens is 272 g/mol. The Morgan fingerprint density at radius 3 is 2.59 bits per heavy atom. The first-order chi connectivity index (χ1) is 10.2. The van der Waals surface area contributed by atoms with Crippen LogP contribution < -0.4 is 0 Å². The van der Waals surface area contributed by atoms with E-state index in [-0.39, 0.29) is 17.4 Å². The van der Waals surface area contributed by atoms with Gasteiger partial charge in [-0.15, -0.1) is 0 Å². The molecule has 2 heteroatoms. The molecule has 0 amide bonds. The molecule has 2 aliphatic rings. The van der Waals surface area contributed by atoms with Crippen LogP contribution in [0.1, 0.15) is 72.6 Å². The number of hydrogen-bond donors (Lipinski definition) is 1. The third-order valence-corrected chi connectivity index (χ3v) is 6.58. The van der Waals surface area contributed by atoms with Crippen LogP contribution in [0.25, 0.3) is 0 Å². The summed E-state index contributed by atoms with van der Waals surface area (Å²) in [6, 6.07) is 0. The minimum Gasteiger partial charge on any atom is -0.396 e. The first-order valence-electron chi connectivity index (χ1n) is 9.01. The third-order valence-electron chi connectivity index (χ3n) is 6.58. The molecule has 0 aromatic rings. The van der Waals surface area contributed by atoms with Crippen molar-refractivity contribution < 1.29 is 9.90 Å². The van der Waals surface area contributed by atoms with E-state index in [0.717, 1.165) is 38.5 Å². The Morgan fingerprint density at radius 2 is 1.95 bits per heavy atom. The van der Waals surface area contributed by atoms with E-state index in [0.29, 0.717) is 23.5 Å². The molecule has 0 aromatic carbocycles. The van der Waals surface area contributed by atoms with Gasteiger partial charge in [0.15, 0.2) is 0 Å². The molecule has 0 aromatic heterocycles. The van der Waals surface area contributed by atoms with Crippen LogP contribution in [0, 0.1) is 28.6 Å². The SMILES string of the molecule is C=C1CC[C@H]2C(C)(C)CC(=O)C[C@]2(C)[C@H]1CC[C@@H](C)CCO. The molecule has 2 fully saturated rings. The molecule has 2 nitrogen and oxygen atoms in total. The number of fused-ring (bicyclic) bond motifs is 1. The molecule has 0 bridgehead atoms. The Morgan fingerprint density at radius 1 is 1.27 bits per heavy atom. The van der Waals surface area contributed by atoms with Gasteiger partial charge in [-0.3, -0.25) is 4.79 Å². The second-order valence-electron chi connectivity index (χ2n) is 8.88. The van der Waals surface area contributed by atoms with Crippen LogP contribution in [0.5, 0.6) is 0 Å². The Hall–Kier alpha value is -0.630. The lowest BCUT2D eigenvalue weighted by Gasteiger charge is -2.57. The van der Waals surface area contributed by atoms with Crippen molar-refractivity contribution in [2.75, 3.05) is 6.61 Å². The predicted molar refractivity (Wildman–Crippen MR) is 91.6 cm³/mol. The van der Waals surface area contributed by atoms with Gasteiger partial charge in [0, 0.05) is 19.4 Å². The summed E-state index contributed by atoms with van der Waals surface area (Å²) in [6.45, 7) is 13.8. The van der Waals surface area contributed by atoms with Crippen molar-refractivity contribution in [2.45, 2.75) is 72.6 Å². The topological polar surface area (TPSA) is 37.3 Å².